The zero-order valence-corrected chi connectivity index (χ0v) is 15.0. The number of rotatable bonds is 7. The highest BCUT2D eigenvalue weighted by molar-refractivity contribution is 5.29. The van der Waals surface area contributed by atoms with E-state index in [-0.39, 0.29) is 5.41 Å². The molecule has 2 atom stereocenters. The highest BCUT2D eigenvalue weighted by atomic mass is 15.1. The Balaban J connectivity index is 2.61. The number of benzene rings is 1. The molecule has 0 aromatic heterocycles. The van der Waals surface area contributed by atoms with Crippen molar-refractivity contribution < 1.29 is 0 Å². The van der Waals surface area contributed by atoms with Crippen LogP contribution in [0.4, 0.5) is 0 Å². The molecule has 120 valence electrons. The third-order valence-corrected chi connectivity index (χ3v) is 4.24. The number of nitrogens with one attached hydrogen (secondary N) is 1. The molecule has 0 saturated carbocycles. The van der Waals surface area contributed by atoms with Gasteiger partial charge in [-0.2, -0.15) is 0 Å². The van der Waals surface area contributed by atoms with Crippen LogP contribution in [0.5, 0.6) is 0 Å². The van der Waals surface area contributed by atoms with Crippen molar-refractivity contribution in [3.05, 3.63) is 35.4 Å². The standard InChI is InChI=1S/C19H34N2/c1-8-21(9-2)14-15(3)20-16(4)17-10-12-18(13-11-17)19(5,6)7/h10-13,15-16,20H,8-9,14H2,1-7H3. The summed E-state index contributed by atoms with van der Waals surface area (Å²) in [5, 5.41) is 3.71. The van der Waals surface area contributed by atoms with Gasteiger partial charge >= 0.3 is 0 Å². The van der Waals surface area contributed by atoms with E-state index < -0.39 is 0 Å². The summed E-state index contributed by atoms with van der Waals surface area (Å²) < 4.78 is 0. The van der Waals surface area contributed by atoms with Gasteiger partial charge in [0.15, 0.2) is 0 Å². The smallest absolute Gasteiger partial charge is 0.0294 e. The molecular formula is C19H34N2. The topological polar surface area (TPSA) is 15.3 Å². The highest BCUT2D eigenvalue weighted by Gasteiger charge is 2.15. The first-order valence-corrected chi connectivity index (χ1v) is 8.36. The average Bonchev–Trinajstić information content (AvgIpc) is 2.43. The summed E-state index contributed by atoms with van der Waals surface area (Å²) in [6, 6.07) is 9.96. The van der Waals surface area contributed by atoms with E-state index in [0.29, 0.717) is 12.1 Å². The predicted octanol–water partition coefficient (Wildman–Crippen LogP) is 4.37. The van der Waals surface area contributed by atoms with E-state index >= 15 is 0 Å². The van der Waals surface area contributed by atoms with Crippen molar-refractivity contribution >= 4 is 0 Å². The second-order valence-electron chi connectivity index (χ2n) is 7.15. The van der Waals surface area contributed by atoms with E-state index in [1.165, 1.54) is 11.1 Å². The molecule has 2 nitrogen and oxygen atoms in total. The molecule has 0 heterocycles. The predicted molar refractivity (Wildman–Crippen MR) is 93.9 cm³/mol. The molecule has 0 aliphatic heterocycles. The van der Waals surface area contributed by atoms with Gasteiger partial charge in [-0.15, -0.1) is 0 Å². The van der Waals surface area contributed by atoms with Crippen LogP contribution in [0.3, 0.4) is 0 Å². The first-order valence-electron chi connectivity index (χ1n) is 8.36. The lowest BCUT2D eigenvalue weighted by atomic mass is 9.86. The first-order chi connectivity index (χ1) is 9.77. The van der Waals surface area contributed by atoms with Crippen LogP contribution >= 0.6 is 0 Å². The molecule has 0 spiro atoms. The van der Waals surface area contributed by atoms with Crippen molar-refractivity contribution in [2.75, 3.05) is 19.6 Å². The van der Waals surface area contributed by atoms with E-state index in [1.54, 1.807) is 0 Å². The number of nitrogens with zero attached hydrogens (tertiary/aromatic N) is 1. The SMILES string of the molecule is CCN(CC)CC(C)NC(C)c1ccc(C(C)(C)C)cc1. The minimum atomic E-state index is 0.227. The van der Waals surface area contributed by atoms with Crippen LogP contribution in [0.1, 0.15) is 65.6 Å². The summed E-state index contributed by atoms with van der Waals surface area (Å²) in [7, 11) is 0. The molecule has 1 aromatic carbocycles. The van der Waals surface area contributed by atoms with Gasteiger partial charge in [0, 0.05) is 18.6 Å². The molecule has 1 N–H and O–H groups in total. The summed E-state index contributed by atoms with van der Waals surface area (Å²) in [5.41, 5.74) is 3.00. The molecule has 0 aliphatic carbocycles. The Morgan fingerprint density at radius 3 is 1.95 bits per heavy atom. The van der Waals surface area contributed by atoms with Crippen LogP contribution in [-0.4, -0.2) is 30.6 Å². The van der Waals surface area contributed by atoms with E-state index in [9.17, 15) is 0 Å². The Kier molecular flexibility index (Phi) is 6.89. The fourth-order valence-corrected chi connectivity index (χ4v) is 2.72. The van der Waals surface area contributed by atoms with E-state index in [4.69, 9.17) is 0 Å². The van der Waals surface area contributed by atoms with E-state index in [1.807, 2.05) is 0 Å². The highest BCUT2D eigenvalue weighted by Crippen LogP contribution is 2.24. The van der Waals surface area contributed by atoms with E-state index in [2.05, 4.69) is 82.9 Å². The second-order valence-corrected chi connectivity index (χ2v) is 7.15. The van der Waals surface area contributed by atoms with Gasteiger partial charge in [0.2, 0.25) is 0 Å². The van der Waals surface area contributed by atoms with Crippen molar-refractivity contribution in [3.63, 3.8) is 0 Å². The largest absolute Gasteiger partial charge is 0.306 e. The average molecular weight is 290 g/mol. The van der Waals surface area contributed by atoms with Gasteiger partial charge < -0.3 is 10.2 Å². The summed E-state index contributed by atoms with van der Waals surface area (Å²) in [6.45, 7) is 19.1. The van der Waals surface area contributed by atoms with Crippen molar-refractivity contribution in [3.8, 4) is 0 Å². The molecule has 0 bridgehead atoms. The number of hydrogen-bond donors (Lipinski definition) is 1. The monoisotopic (exact) mass is 290 g/mol. The van der Waals surface area contributed by atoms with Crippen molar-refractivity contribution in [2.24, 2.45) is 0 Å². The summed E-state index contributed by atoms with van der Waals surface area (Å²) in [6.07, 6.45) is 0. The fraction of sp³-hybridized carbons (Fsp3) is 0.684. The van der Waals surface area contributed by atoms with Gasteiger partial charge in [0.1, 0.15) is 0 Å². The van der Waals surface area contributed by atoms with Crippen LogP contribution in [0.2, 0.25) is 0 Å². The first kappa shape index (κ1) is 18.2. The molecule has 0 aliphatic rings. The van der Waals surface area contributed by atoms with Gasteiger partial charge in [-0.1, -0.05) is 58.9 Å². The molecule has 21 heavy (non-hydrogen) atoms. The Labute approximate surface area is 131 Å². The van der Waals surface area contributed by atoms with Crippen molar-refractivity contribution in [1.82, 2.24) is 10.2 Å². The molecule has 0 saturated heterocycles. The lowest BCUT2D eigenvalue weighted by Crippen LogP contribution is -2.40. The minimum absolute atomic E-state index is 0.227. The van der Waals surface area contributed by atoms with Crippen molar-refractivity contribution in [1.29, 1.82) is 0 Å². The van der Waals surface area contributed by atoms with Crippen LogP contribution in [0.15, 0.2) is 24.3 Å². The Morgan fingerprint density at radius 1 is 1.00 bits per heavy atom. The van der Waals surface area contributed by atoms with Crippen molar-refractivity contribution in [2.45, 2.75) is 66.0 Å². The molecular weight excluding hydrogens is 256 g/mol. The maximum atomic E-state index is 3.71. The lowest BCUT2D eigenvalue weighted by molar-refractivity contribution is 0.264. The zero-order chi connectivity index (χ0) is 16.0. The number of likely N-dealkylation sites (N-methyl/N-ethyl adjacent to an activating group) is 1. The number of hydrogen-bond acceptors (Lipinski definition) is 2. The fourth-order valence-electron chi connectivity index (χ4n) is 2.72. The Bertz CT molecular complexity index is 399. The molecule has 0 fully saturated rings. The third kappa shape index (κ3) is 5.80. The molecule has 0 amide bonds. The Morgan fingerprint density at radius 2 is 1.52 bits per heavy atom. The molecule has 1 rings (SSSR count). The summed E-state index contributed by atoms with van der Waals surface area (Å²) in [5.74, 6) is 0. The van der Waals surface area contributed by atoms with Crippen LogP contribution in [0.25, 0.3) is 0 Å². The maximum absolute atomic E-state index is 3.71. The second kappa shape index (κ2) is 7.95. The van der Waals surface area contributed by atoms with E-state index in [0.717, 1.165) is 19.6 Å². The summed E-state index contributed by atoms with van der Waals surface area (Å²) in [4.78, 5) is 2.47. The molecule has 2 heteroatoms. The third-order valence-electron chi connectivity index (χ3n) is 4.24. The van der Waals surface area contributed by atoms with Gasteiger partial charge in [0.25, 0.3) is 0 Å². The van der Waals surface area contributed by atoms with Gasteiger partial charge in [0.05, 0.1) is 0 Å². The molecule has 0 radical (unpaired) electrons. The Hall–Kier alpha value is -0.860. The quantitative estimate of drug-likeness (QED) is 0.802. The lowest BCUT2D eigenvalue weighted by Gasteiger charge is -2.27. The van der Waals surface area contributed by atoms with Crippen LogP contribution < -0.4 is 5.32 Å². The van der Waals surface area contributed by atoms with Crippen LogP contribution in [-0.2, 0) is 5.41 Å². The van der Waals surface area contributed by atoms with Gasteiger partial charge in [-0.05, 0) is 43.5 Å². The van der Waals surface area contributed by atoms with Gasteiger partial charge in [-0.3, -0.25) is 0 Å². The zero-order valence-electron chi connectivity index (χ0n) is 15.0. The molecule has 2 unspecified atom stereocenters. The molecule has 1 aromatic rings. The minimum Gasteiger partial charge on any atom is -0.306 e. The van der Waals surface area contributed by atoms with Gasteiger partial charge in [-0.25, -0.2) is 0 Å². The van der Waals surface area contributed by atoms with Crippen LogP contribution in [0, 0.1) is 0 Å². The summed E-state index contributed by atoms with van der Waals surface area (Å²) >= 11 is 0. The normalized spacial score (nSPS) is 15.2. The maximum Gasteiger partial charge on any atom is 0.0294 e.